The van der Waals surface area contributed by atoms with Gasteiger partial charge in [-0.3, -0.25) is 15.8 Å². The summed E-state index contributed by atoms with van der Waals surface area (Å²) in [4.78, 5) is 10.8. The molecule has 94 valence electrons. The summed E-state index contributed by atoms with van der Waals surface area (Å²) in [6.07, 6.45) is 9.99. The Morgan fingerprint density at radius 2 is 2.06 bits per heavy atom. The molecule has 0 amide bonds. The van der Waals surface area contributed by atoms with Crippen molar-refractivity contribution in [1.82, 2.24) is 20.3 Å². The van der Waals surface area contributed by atoms with Crippen molar-refractivity contribution in [2.75, 3.05) is 14.1 Å². The summed E-state index contributed by atoms with van der Waals surface area (Å²) in [6, 6.07) is 0.0358. The molecule has 1 aromatic heterocycles. The van der Waals surface area contributed by atoms with E-state index in [-0.39, 0.29) is 11.6 Å². The molecule has 5 nitrogen and oxygen atoms in total. The minimum Gasteiger partial charge on any atom is -0.302 e. The van der Waals surface area contributed by atoms with E-state index in [2.05, 4.69) is 34.4 Å². The zero-order valence-electron chi connectivity index (χ0n) is 10.6. The van der Waals surface area contributed by atoms with Gasteiger partial charge in [0.05, 0.1) is 17.9 Å². The van der Waals surface area contributed by atoms with Gasteiger partial charge in [0, 0.05) is 17.9 Å². The molecule has 2 rings (SSSR count). The van der Waals surface area contributed by atoms with Crippen LogP contribution in [0.25, 0.3) is 0 Å². The number of hydrogen-bond acceptors (Lipinski definition) is 5. The molecule has 0 aliphatic heterocycles. The Labute approximate surface area is 102 Å². The normalized spacial score (nSPS) is 20.7. The van der Waals surface area contributed by atoms with E-state index < -0.39 is 0 Å². The molecular weight excluding hydrogens is 214 g/mol. The van der Waals surface area contributed by atoms with Gasteiger partial charge in [-0.25, -0.2) is 5.43 Å². The lowest BCUT2D eigenvalue weighted by atomic mass is 9.85. The highest BCUT2D eigenvalue weighted by molar-refractivity contribution is 5.13. The van der Waals surface area contributed by atoms with Crippen molar-refractivity contribution in [2.45, 2.75) is 37.3 Å². The van der Waals surface area contributed by atoms with E-state index in [0.717, 1.165) is 18.5 Å². The van der Waals surface area contributed by atoms with Gasteiger partial charge in [-0.1, -0.05) is 12.8 Å². The molecule has 5 heteroatoms. The molecule has 1 saturated carbocycles. The molecule has 0 spiro atoms. The fourth-order valence-corrected chi connectivity index (χ4v) is 2.96. The quantitative estimate of drug-likeness (QED) is 0.598. The van der Waals surface area contributed by atoms with Gasteiger partial charge < -0.3 is 4.90 Å². The fraction of sp³-hybridized carbons (Fsp3) is 0.667. The second-order valence-corrected chi connectivity index (χ2v) is 4.94. The van der Waals surface area contributed by atoms with Gasteiger partial charge in [0.25, 0.3) is 0 Å². The summed E-state index contributed by atoms with van der Waals surface area (Å²) in [5.41, 5.74) is 3.92. The number of likely N-dealkylation sites (N-methyl/N-ethyl adjacent to an activating group) is 1. The molecule has 17 heavy (non-hydrogen) atoms. The molecular formula is C12H21N5. The fourth-order valence-electron chi connectivity index (χ4n) is 2.96. The monoisotopic (exact) mass is 235 g/mol. The highest BCUT2D eigenvalue weighted by Crippen LogP contribution is 2.42. The van der Waals surface area contributed by atoms with E-state index >= 15 is 0 Å². The average molecular weight is 235 g/mol. The summed E-state index contributed by atoms with van der Waals surface area (Å²) in [5.74, 6) is 5.76. The van der Waals surface area contributed by atoms with Gasteiger partial charge >= 0.3 is 0 Å². The smallest absolute Gasteiger partial charge is 0.0830 e. The topological polar surface area (TPSA) is 67.1 Å². The van der Waals surface area contributed by atoms with Crippen LogP contribution in [0.4, 0.5) is 0 Å². The van der Waals surface area contributed by atoms with E-state index in [1.165, 1.54) is 12.8 Å². The van der Waals surface area contributed by atoms with Crippen LogP contribution in [0.2, 0.25) is 0 Å². The van der Waals surface area contributed by atoms with Crippen LogP contribution in [0.15, 0.2) is 18.6 Å². The van der Waals surface area contributed by atoms with E-state index in [0.29, 0.717) is 0 Å². The van der Waals surface area contributed by atoms with E-state index in [1.54, 1.807) is 18.6 Å². The minimum atomic E-state index is 0.0358. The Morgan fingerprint density at radius 3 is 2.53 bits per heavy atom. The lowest BCUT2D eigenvalue weighted by Gasteiger charge is -2.42. The number of hydrogen-bond donors (Lipinski definition) is 2. The molecule has 0 radical (unpaired) electrons. The SMILES string of the molecule is CN(C)C1(C(NN)c2cnccn2)CCCC1. The Hall–Kier alpha value is -1.04. The lowest BCUT2D eigenvalue weighted by Crippen LogP contribution is -2.53. The van der Waals surface area contributed by atoms with Crippen LogP contribution in [0.3, 0.4) is 0 Å². The Bertz CT molecular complexity index is 345. The first-order valence-electron chi connectivity index (χ1n) is 6.10. The number of nitrogens with zero attached hydrogens (tertiary/aromatic N) is 3. The lowest BCUT2D eigenvalue weighted by molar-refractivity contribution is 0.102. The van der Waals surface area contributed by atoms with Gasteiger partial charge in [0.15, 0.2) is 0 Å². The Kier molecular flexibility index (Phi) is 3.71. The van der Waals surface area contributed by atoms with E-state index in [1.807, 2.05) is 0 Å². The third-order valence-electron chi connectivity index (χ3n) is 3.94. The molecule has 1 aliphatic rings. The van der Waals surface area contributed by atoms with Crippen molar-refractivity contribution in [3.8, 4) is 0 Å². The van der Waals surface area contributed by atoms with Gasteiger partial charge in [-0.2, -0.15) is 0 Å². The molecule has 0 bridgehead atoms. The number of hydrazine groups is 1. The predicted molar refractivity (Wildman–Crippen MR) is 67.0 cm³/mol. The van der Waals surface area contributed by atoms with Gasteiger partial charge in [0.1, 0.15) is 0 Å². The van der Waals surface area contributed by atoms with Crippen LogP contribution in [-0.4, -0.2) is 34.5 Å². The minimum absolute atomic E-state index is 0.0358. The maximum atomic E-state index is 5.76. The molecule has 1 fully saturated rings. The molecule has 0 aromatic carbocycles. The zero-order valence-corrected chi connectivity index (χ0v) is 10.6. The first-order valence-corrected chi connectivity index (χ1v) is 6.10. The third kappa shape index (κ3) is 2.18. The summed E-state index contributed by atoms with van der Waals surface area (Å²) in [6.45, 7) is 0. The van der Waals surface area contributed by atoms with Crippen molar-refractivity contribution in [3.05, 3.63) is 24.3 Å². The molecule has 0 saturated heterocycles. The largest absolute Gasteiger partial charge is 0.302 e. The van der Waals surface area contributed by atoms with Crippen LogP contribution < -0.4 is 11.3 Å². The van der Waals surface area contributed by atoms with Crippen molar-refractivity contribution >= 4 is 0 Å². The average Bonchev–Trinajstić information content (AvgIpc) is 2.82. The van der Waals surface area contributed by atoms with Crippen molar-refractivity contribution < 1.29 is 0 Å². The first-order chi connectivity index (χ1) is 8.20. The van der Waals surface area contributed by atoms with Gasteiger partial charge in [0.2, 0.25) is 0 Å². The molecule has 1 unspecified atom stereocenters. The number of nitrogens with one attached hydrogen (secondary N) is 1. The number of rotatable bonds is 4. The zero-order chi connectivity index (χ0) is 12.3. The Morgan fingerprint density at radius 1 is 1.35 bits per heavy atom. The first kappa shape index (κ1) is 12.4. The molecule has 1 aliphatic carbocycles. The summed E-state index contributed by atoms with van der Waals surface area (Å²) in [7, 11) is 4.23. The third-order valence-corrected chi connectivity index (χ3v) is 3.94. The van der Waals surface area contributed by atoms with Crippen LogP contribution in [0.5, 0.6) is 0 Å². The van der Waals surface area contributed by atoms with Crippen molar-refractivity contribution in [1.29, 1.82) is 0 Å². The van der Waals surface area contributed by atoms with Gasteiger partial charge in [-0.15, -0.1) is 0 Å². The molecule has 3 N–H and O–H groups in total. The second-order valence-electron chi connectivity index (χ2n) is 4.94. The van der Waals surface area contributed by atoms with Crippen molar-refractivity contribution in [2.24, 2.45) is 5.84 Å². The number of nitrogens with two attached hydrogens (primary N) is 1. The molecule has 1 heterocycles. The summed E-state index contributed by atoms with van der Waals surface area (Å²) < 4.78 is 0. The van der Waals surface area contributed by atoms with Crippen LogP contribution in [0, 0.1) is 0 Å². The van der Waals surface area contributed by atoms with Crippen LogP contribution in [-0.2, 0) is 0 Å². The van der Waals surface area contributed by atoms with E-state index in [9.17, 15) is 0 Å². The van der Waals surface area contributed by atoms with Crippen LogP contribution in [0.1, 0.15) is 37.4 Å². The van der Waals surface area contributed by atoms with E-state index in [4.69, 9.17) is 5.84 Å². The predicted octanol–water partition coefficient (Wildman–Crippen LogP) is 0.855. The number of aromatic nitrogens is 2. The standard InChI is InChI=1S/C12H21N5/c1-17(2)12(5-3-4-6-12)11(16-13)10-9-14-7-8-15-10/h7-9,11,16H,3-6,13H2,1-2H3. The highest BCUT2D eigenvalue weighted by Gasteiger charge is 2.44. The summed E-state index contributed by atoms with van der Waals surface area (Å²) >= 11 is 0. The maximum absolute atomic E-state index is 5.76. The summed E-state index contributed by atoms with van der Waals surface area (Å²) in [5, 5.41) is 0. The maximum Gasteiger partial charge on any atom is 0.0830 e. The van der Waals surface area contributed by atoms with Crippen molar-refractivity contribution in [3.63, 3.8) is 0 Å². The highest BCUT2D eigenvalue weighted by atomic mass is 15.3. The Balaban J connectivity index is 2.33. The molecule has 1 atom stereocenters. The molecule has 1 aromatic rings. The van der Waals surface area contributed by atoms with Crippen LogP contribution >= 0.6 is 0 Å². The van der Waals surface area contributed by atoms with Gasteiger partial charge in [-0.05, 0) is 26.9 Å². The second kappa shape index (κ2) is 5.08.